The Morgan fingerprint density at radius 2 is 1.95 bits per heavy atom. The molecule has 0 saturated heterocycles. The van der Waals surface area contributed by atoms with E-state index >= 15 is 0 Å². The summed E-state index contributed by atoms with van der Waals surface area (Å²) in [5, 5.41) is 1.01. The van der Waals surface area contributed by atoms with E-state index in [0.717, 1.165) is 0 Å². The molecule has 2 aromatic carbocycles. The SMILES string of the molecule is COc1cc(N)ccc1C(=O)OCc1cc(Cl)ccc1Cl. The molecule has 0 unspecified atom stereocenters. The highest BCUT2D eigenvalue weighted by atomic mass is 35.5. The molecule has 0 heterocycles. The summed E-state index contributed by atoms with van der Waals surface area (Å²) in [5.41, 5.74) is 7.07. The van der Waals surface area contributed by atoms with E-state index in [0.29, 0.717) is 32.6 Å². The lowest BCUT2D eigenvalue weighted by atomic mass is 10.2. The molecule has 2 aromatic rings. The van der Waals surface area contributed by atoms with Gasteiger partial charge in [0.25, 0.3) is 0 Å². The average Bonchev–Trinajstić information content (AvgIpc) is 2.47. The van der Waals surface area contributed by atoms with Crippen molar-refractivity contribution in [1.29, 1.82) is 0 Å². The predicted molar refractivity (Wildman–Crippen MR) is 83.0 cm³/mol. The largest absolute Gasteiger partial charge is 0.496 e. The van der Waals surface area contributed by atoms with E-state index in [-0.39, 0.29) is 6.61 Å². The van der Waals surface area contributed by atoms with E-state index in [4.69, 9.17) is 38.4 Å². The number of anilines is 1. The third kappa shape index (κ3) is 3.80. The van der Waals surface area contributed by atoms with Crippen molar-refractivity contribution in [3.8, 4) is 5.75 Å². The van der Waals surface area contributed by atoms with Crippen molar-refractivity contribution in [2.24, 2.45) is 0 Å². The van der Waals surface area contributed by atoms with Gasteiger partial charge in [0, 0.05) is 27.4 Å². The van der Waals surface area contributed by atoms with Crippen LogP contribution in [0, 0.1) is 0 Å². The van der Waals surface area contributed by atoms with Gasteiger partial charge in [0.2, 0.25) is 0 Å². The lowest BCUT2D eigenvalue weighted by Gasteiger charge is -2.10. The van der Waals surface area contributed by atoms with E-state index < -0.39 is 5.97 Å². The van der Waals surface area contributed by atoms with Crippen LogP contribution in [-0.4, -0.2) is 13.1 Å². The Labute approximate surface area is 132 Å². The average molecular weight is 326 g/mol. The molecule has 0 amide bonds. The zero-order valence-electron chi connectivity index (χ0n) is 11.2. The highest BCUT2D eigenvalue weighted by molar-refractivity contribution is 6.33. The van der Waals surface area contributed by atoms with Crippen molar-refractivity contribution < 1.29 is 14.3 Å². The van der Waals surface area contributed by atoms with Gasteiger partial charge in [-0.3, -0.25) is 0 Å². The van der Waals surface area contributed by atoms with Gasteiger partial charge in [-0.05, 0) is 30.3 Å². The molecule has 0 bridgehead atoms. The predicted octanol–water partition coefficient (Wildman–Crippen LogP) is 3.94. The maximum Gasteiger partial charge on any atom is 0.342 e. The number of esters is 1. The third-order valence-corrected chi connectivity index (χ3v) is 3.42. The Kier molecular flexibility index (Phi) is 4.94. The molecule has 2 N–H and O–H groups in total. The van der Waals surface area contributed by atoms with Crippen LogP contribution in [0.4, 0.5) is 5.69 Å². The third-order valence-electron chi connectivity index (χ3n) is 2.81. The molecule has 6 heteroatoms. The van der Waals surface area contributed by atoms with Crippen molar-refractivity contribution in [1.82, 2.24) is 0 Å². The Morgan fingerprint density at radius 1 is 1.19 bits per heavy atom. The number of benzene rings is 2. The fourth-order valence-corrected chi connectivity index (χ4v) is 2.12. The number of carbonyl (C=O) groups excluding carboxylic acids is 1. The number of hydrogen-bond acceptors (Lipinski definition) is 4. The zero-order chi connectivity index (χ0) is 15.4. The van der Waals surface area contributed by atoms with Crippen molar-refractivity contribution >= 4 is 34.9 Å². The fraction of sp³-hybridized carbons (Fsp3) is 0.133. The van der Waals surface area contributed by atoms with Crippen LogP contribution in [0.15, 0.2) is 36.4 Å². The van der Waals surface area contributed by atoms with Crippen molar-refractivity contribution in [2.45, 2.75) is 6.61 Å². The van der Waals surface area contributed by atoms with E-state index in [2.05, 4.69) is 0 Å². The second-order valence-electron chi connectivity index (χ2n) is 4.27. The number of nitrogen functional groups attached to an aromatic ring is 1. The molecule has 0 radical (unpaired) electrons. The van der Waals surface area contributed by atoms with Crippen LogP contribution in [0.2, 0.25) is 10.0 Å². The highest BCUT2D eigenvalue weighted by Crippen LogP contribution is 2.24. The number of rotatable bonds is 4. The first-order valence-electron chi connectivity index (χ1n) is 6.06. The van der Waals surface area contributed by atoms with Gasteiger partial charge < -0.3 is 15.2 Å². The summed E-state index contributed by atoms with van der Waals surface area (Å²) in [7, 11) is 1.46. The van der Waals surface area contributed by atoms with Crippen LogP contribution in [0.3, 0.4) is 0 Å². The lowest BCUT2D eigenvalue weighted by molar-refractivity contribution is 0.0469. The smallest absolute Gasteiger partial charge is 0.342 e. The van der Waals surface area contributed by atoms with Crippen molar-refractivity contribution in [3.63, 3.8) is 0 Å². The summed E-state index contributed by atoms with van der Waals surface area (Å²) in [5.74, 6) is -0.167. The molecule has 0 fully saturated rings. The Morgan fingerprint density at radius 3 is 2.67 bits per heavy atom. The van der Waals surface area contributed by atoms with Crippen LogP contribution in [0.25, 0.3) is 0 Å². The minimum atomic E-state index is -0.525. The van der Waals surface area contributed by atoms with Gasteiger partial charge in [-0.2, -0.15) is 0 Å². The zero-order valence-corrected chi connectivity index (χ0v) is 12.7. The molecular weight excluding hydrogens is 313 g/mol. The normalized spacial score (nSPS) is 10.2. The van der Waals surface area contributed by atoms with E-state index in [1.54, 1.807) is 36.4 Å². The highest BCUT2D eigenvalue weighted by Gasteiger charge is 2.14. The topological polar surface area (TPSA) is 61.5 Å². The van der Waals surface area contributed by atoms with Crippen molar-refractivity contribution in [3.05, 3.63) is 57.6 Å². The molecule has 4 nitrogen and oxygen atoms in total. The van der Waals surface area contributed by atoms with Crippen LogP contribution in [0.1, 0.15) is 15.9 Å². The molecule has 2 rings (SSSR count). The van der Waals surface area contributed by atoms with Gasteiger partial charge in [0.15, 0.2) is 0 Å². The van der Waals surface area contributed by atoms with Gasteiger partial charge in [-0.1, -0.05) is 23.2 Å². The molecule has 0 spiro atoms. The summed E-state index contributed by atoms with van der Waals surface area (Å²) in [4.78, 5) is 12.1. The number of hydrogen-bond donors (Lipinski definition) is 1. The summed E-state index contributed by atoms with van der Waals surface area (Å²) in [6.07, 6.45) is 0. The second-order valence-corrected chi connectivity index (χ2v) is 5.12. The molecule has 0 aliphatic rings. The van der Waals surface area contributed by atoms with Crippen LogP contribution < -0.4 is 10.5 Å². The Balaban J connectivity index is 2.13. The second kappa shape index (κ2) is 6.70. The van der Waals surface area contributed by atoms with Gasteiger partial charge in [-0.25, -0.2) is 4.79 Å². The first-order chi connectivity index (χ1) is 10.0. The summed E-state index contributed by atoms with van der Waals surface area (Å²) in [6.45, 7) is 0.0196. The first-order valence-corrected chi connectivity index (χ1v) is 6.81. The molecule has 110 valence electrons. The number of ether oxygens (including phenoxy) is 2. The lowest BCUT2D eigenvalue weighted by Crippen LogP contribution is -2.08. The minimum absolute atomic E-state index is 0.0196. The minimum Gasteiger partial charge on any atom is -0.496 e. The maximum absolute atomic E-state index is 12.1. The first kappa shape index (κ1) is 15.5. The molecule has 0 saturated carbocycles. The molecule has 0 atom stereocenters. The van der Waals surface area contributed by atoms with Gasteiger partial charge in [0.05, 0.1) is 7.11 Å². The molecular formula is C15H13Cl2NO3. The number of carbonyl (C=O) groups is 1. The summed E-state index contributed by atoms with van der Waals surface area (Å²) >= 11 is 11.9. The fourth-order valence-electron chi connectivity index (χ4n) is 1.75. The Hall–Kier alpha value is -1.91. The van der Waals surface area contributed by atoms with E-state index in [1.165, 1.54) is 7.11 Å². The van der Waals surface area contributed by atoms with Crippen LogP contribution >= 0.6 is 23.2 Å². The van der Waals surface area contributed by atoms with Gasteiger partial charge in [0.1, 0.15) is 17.9 Å². The van der Waals surface area contributed by atoms with Gasteiger partial charge >= 0.3 is 5.97 Å². The van der Waals surface area contributed by atoms with E-state index in [9.17, 15) is 4.79 Å². The number of halogens is 2. The summed E-state index contributed by atoms with van der Waals surface area (Å²) in [6, 6.07) is 9.68. The quantitative estimate of drug-likeness (QED) is 0.683. The maximum atomic E-state index is 12.1. The Bertz CT molecular complexity index is 674. The van der Waals surface area contributed by atoms with Crippen LogP contribution in [-0.2, 0) is 11.3 Å². The monoisotopic (exact) mass is 325 g/mol. The van der Waals surface area contributed by atoms with Gasteiger partial charge in [-0.15, -0.1) is 0 Å². The van der Waals surface area contributed by atoms with E-state index in [1.807, 2.05) is 0 Å². The molecule has 0 aliphatic carbocycles. The standard InChI is InChI=1S/C15H13Cl2NO3/c1-20-14-7-11(18)3-4-12(14)15(19)21-8-9-6-10(16)2-5-13(9)17/h2-7H,8,18H2,1H3. The number of nitrogens with two attached hydrogens (primary N) is 1. The number of methoxy groups -OCH3 is 1. The molecule has 21 heavy (non-hydrogen) atoms. The summed E-state index contributed by atoms with van der Waals surface area (Å²) < 4.78 is 10.3. The van der Waals surface area contributed by atoms with Crippen molar-refractivity contribution in [2.75, 3.05) is 12.8 Å². The molecule has 0 aromatic heterocycles. The molecule has 0 aliphatic heterocycles. The van der Waals surface area contributed by atoms with Crippen LogP contribution in [0.5, 0.6) is 5.75 Å².